The molecule has 1 aliphatic rings. The highest BCUT2D eigenvalue weighted by atomic mass is 32.1. The molecule has 27 heavy (non-hydrogen) atoms. The molecule has 1 aliphatic carbocycles. The van der Waals surface area contributed by atoms with Gasteiger partial charge in [-0.3, -0.25) is 4.79 Å². The Balaban J connectivity index is 1.88. The van der Waals surface area contributed by atoms with Crippen LogP contribution in [-0.2, 0) is 12.8 Å². The summed E-state index contributed by atoms with van der Waals surface area (Å²) in [5, 5.41) is 13.3. The van der Waals surface area contributed by atoms with E-state index in [0.29, 0.717) is 34.4 Å². The van der Waals surface area contributed by atoms with Crippen molar-refractivity contribution in [2.75, 3.05) is 11.9 Å². The topological polar surface area (TPSA) is 62.1 Å². The van der Waals surface area contributed by atoms with Gasteiger partial charge in [-0.1, -0.05) is 32.9 Å². The molecule has 5 heteroatoms. The van der Waals surface area contributed by atoms with Crippen molar-refractivity contribution in [3.8, 4) is 11.8 Å². The van der Waals surface area contributed by atoms with E-state index in [1.54, 1.807) is 23.5 Å². The van der Waals surface area contributed by atoms with Gasteiger partial charge in [0, 0.05) is 4.88 Å². The lowest BCUT2D eigenvalue weighted by Gasteiger charge is -2.33. The van der Waals surface area contributed by atoms with Gasteiger partial charge in [0.05, 0.1) is 17.7 Å². The van der Waals surface area contributed by atoms with Crippen LogP contribution < -0.4 is 10.1 Å². The summed E-state index contributed by atoms with van der Waals surface area (Å²) >= 11 is 1.55. The van der Waals surface area contributed by atoms with Crippen LogP contribution in [0.5, 0.6) is 5.75 Å². The number of thiophene rings is 1. The smallest absolute Gasteiger partial charge is 0.260 e. The van der Waals surface area contributed by atoms with E-state index in [1.165, 1.54) is 4.88 Å². The van der Waals surface area contributed by atoms with Crippen LogP contribution >= 0.6 is 11.3 Å². The monoisotopic (exact) mass is 382 g/mol. The van der Waals surface area contributed by atoms with Crippen molar-refractivity contribution in [3.05, 3.63) is 45.8 Å². The third-order valence-corrected chi connectivity index (χ3v) is 6.43. The molecule has 0 fully saturated rings. The molecule has 0 unspecified atom stereocenters. The number of nitrogens with one attached hydrogen (secondary N) is 1. The number of benzene rings is 1. The molecule has 0 aliphatic heterocycles. The third kappa shape index (κ3) is 4.01. The maximum atomic E-state index is 12.8. The number of hydrogen-bond acceptors (Lipinski definition) is 4. The number of anilines is 1. The van der Waals surface area contributed by atoms with E-state index in [1.807, 2.05) is 19.1 Å². The predicted molar refractivity (Wildman–Crippen MR) is 110 cm³/mol. The highest BCUT2D eigenvalue weighted by molar-refractivity contribution is 7.16. The molecule has 1 aromatic heterocycles. The summed E-state index contributed by atoms with van der Waals surface area (Å²) in [4.78, 5) is 14.1. The number of nitrogens with zero attached hydrogens (tertiary/aromatic N) is 1. The number of hydrogen-bond donors (Lipinski definition) is 1. The second-order valence-electron chi connectivity index (χ2n) is 8.01. The SMILES string of the molecule is CCOc1ccccc1C(=O)Nc1sc2c(c1C#N)CC[C@@H](C(C)(C)C)C2. The van der Waals surface area contributed by atoms with E-state index in [-0.39, 0.29) is 11.3 Å². The summed E-state index contributed by atoms with van der Waals surface area (Å²) in [7, 11) is 0. The Hall–Kier alpha value is -2.32. The first-order valence-corrected chi connectivity index (χ1v) is 10.2. The summed E-state index contributed by atoms with van der Waals surface area (Å²) in [5.74, 6) is 0.920. The summed E-state index contributed by atoms with van der Waals surface area (Å²) in [6.45, 7) is 9.20. The van der Waals surface area contributed by atoms with Gasteiger partial charge in [-0.2, -0.15) is 5.26 Å². The lowest BCUT2D eigenvalue weighted by atomic mass is 9.72. The normalized spacial score (nSPS) is 16.3. The lowest BCUT2D eigenvalue weighted by Crippen LogP contribution is -2.26. The Kier molecular flexibility index (Phi) is 5.57. The van der Waals surface area contributed by atoms with Gasteiger partial charge in [0.15, 0.2) is 0 Å². The van der Waals surface area contributed by atoms with Crippen molar-refractivity contribution in [1.82, 2.24) is 0 Å². The van der Waals surface area contributed by atoms with Crippen molar-refractivity contribution in [3.63, 3.8) is 0 Å². The first-order chi connectivity index (χ1) is 12.8. The van der Waals surface area contributed by atoms with Crippen LogP contribution in [0.2, 0.25) is 0 Å². The number of nitriles is 1. The van der Waals surface area contributed by atoms with Crippen molar-refractivity contribution in [2.24, 2.45) is 11.3 Å². The van der Waals surface area contributed by atoms with E-state index < -0.39 is 0 Å². The van der Waals surface area contributed by atoms with Crippen LogP contribution in [0.4, 0.5) is 5.00 Å². The molecular weight excluding hydrogens is 356 g/mol. The molecule has 1 amide bonds. The minimum absolute atomic E-state index is 0.235. The molecule has 1 heterocycles. The lowest BCUT2D eigenvalue weighted by molar-refractivity contribution is 0.102. The minimum Gasteiger partial charge on any atom is -0.493 e. The summed E-state index contributed by atoms with van der Waals surface area (Å²) in [6, 6.07) is 9.51. The van der Waals surface area contributed by atoms with Crippen LogP contribution in [0.3, 0.4) is 0 Å². The zero-order valence-corrected chi connectivity index (χ0v) is 17.2. The zero-order valence-electron chi connectivity index (χ0n) is 16.4. The molecule has 3 rings (SSSR count). The molecule has 4 nitrogen and oxygen atoms in total. The van der Waals surface area contributed by atoms with Gasteiger partial charge in [0.2, 0.25) is 0 Å². The van der Waals surface area contributed by atoms with Gasteiger partial charge in [0.1, 0.15) is 16.8 Å². The van der Waals surface area contributed by atoms with Crippen molar-refractivity contribution in [2.45, 2.75) is 47.0 Å². The summed E-state index contributed by atoms with van der Waals surface area (Å²) in [6.07, 6.45) is 2.97. The molecule has 0 saturated carbocycles. The van der Waals surface area contributed by atoms with Crippen molar-refractivity contribution < 1.29 is 9.53 Å². The second-order valence-corrected chi connectivity index (χ2v) is 9.11. The predicted octanol–water partition coefficient (Wildman–Crippen LogP) is 5.42. The average molecular weight is 383 g/mol. The van der Waals surface area contributed by atoms with Gasteiger partial charge >= 0.3 is 0 Å². The zero-order chi connectivity index (χ0) is 19.6. The van der Waals surface area contributed by atoms with Crippen molar-refractivity contribution >= 4 is 22.2 Å². The number of ether oxygens (including phenoxy) is 1. The Morgan fingerprint density at radius 2 is 2.11 bits per heavy atom. The minimum atomic E-state index is -0.235. The van der Waals surface area contributed by atoms with E-state index in [9.17, 15) is 10.1 Å². The van der Waals surface area contributed by atoms with Crippen LogP contribution in [0, 0.1) is 22.7 Å². The highest BCUT2D eigenvalue weighted by Gasteiger charge is 2.32. The Labute approximate surface area is 165 Å². The van der Waals surface area contributed by atoms with Crippen LogP contribution in [0.25, 0.3) is 0 Å². The molecule has 1 N–H and O–H groups in total. The fourth-order valence-electron chi connectivity index (χ4n) is 3.64. The Morgan fingerprint density at radius 1 is 1.37 bits per heavy atom. The van der Waals surface area contributed by atoms with Crippen molar-refractivity contribution in [1.29, 1.82) is 5.26 Å². The van der Waals surface area contributed by atoms with Gasteiger partial charge in [0.25, 0.3) is 5.91 Å². The number of para-hydroxylation sites is 1. The quantitative estimate of drug-likeness (QED) is 0.768. The maximum absolute atomic E-state index is 12.8. The standard InChI is InChI=1S/C22H26N2O2S/c1-5-26-18-9-7-6-8-16(18)20(25)24-21-17(13-23)15-11-10-14(22(2,3)4)12-19(15)27-21/h6-9,14H,5,10-12H2,1-4H3,(H,24,25)/t14-/m1/s1. The van der Waals surface area contributed by atoms with Crippen LogP contribution in [0.1, 0.15) is 60.5 Å². The molecule has 0 bridgehead atoms. The number of fused-ring (bicyclic) bond motifs is 1. The first kappa shape index (κ1) is 19.4. The molecule has 142 valence electrons. The van der Waals surface area contributed by atoms with Gasteiger partial charge < -0.3 is 10.1 Å². The van der Waals surface area contributed by atoms with Gasteiger partial charge in [-0.15, -0.1) is 11.3 Å². The number of rotatable bonds is 4. The fourth-order valence-corrected chi connectivity index (χ4v) is 4.91. The summed E-state index contributed by atoms with van der Waals surface area (Å²) in [5.41, 5.74) is 2.48. The van der Waals surface area contributed by atoms with E-state index in [2.05, 4.69) is 32.2 Å². The largest absolute Gasteiger partial charge is 0.493 e. The molecular formula is C22H26N2O2S. The number of carbonyl (C=O) groups excluding carboxylic acids is 1. The first-order valence-electron chi connectivity index (χ1n) is 9.43. The second kappa shape index (κ2) is 7.74. The molecule has 0 radical (unpaired) electrons. The molecule has 1 aromatic carbocycles. The highest BCUT2D eigenvalue weighted by Crippen LogP contribution is 2.44. The maximum Gasteiger partial charge on any atom is 0.260 e. The number of amides is 1. The average Bonchev–Trinajstić information content (AvgIpc) is 2.97. The number of carbonyl (C=O) groups is 1. The van der Waals surface area contributed by atoms with Crippen LogP contribution in [0.15, 0.2) is 24.3 Å². The molecule has 0 spiro atoms. The molecule has 1 atom stereocenters. The summed E-state index contributed by atoms with van der Waals surface area (Å²) < 4.78 is 5.56. The van der Waals surface area contributed by atoms with E-state index >= 15 is 0 Å². The Morgan fingerprint density at radius 3 is 2.78 bits per heavy atom. The van der Waals surface area contributed by atoms with E-state index in [4.69, 9.17) is 4.74 Å². The van der Waals surface area contributed by atoms with Crippen LogP contribution in [-0.4, -0.2) is 12.5 Å². The van der Waals surface area contributed by atoms with Gasteiger partial charge in [-0.25, -0.2) is 0 Å². The third-order valence-electron chi connectivity index (χ3n) is 5.26. The molecule has 2 aromatic rings. The Bertz CT molecular complexity index is 887. The molecule has 0 saturated heterocycles. The fraction of sp³-hybridized carbons (Fsp3) is 0.455. The van der Waals surface area contributed by atoms with Gasteiger partial charge in [-0.05, 0) is 55.2 Å². The van der Waals surface area contributed by atoms with E-state index in [0.717, 1.165) is 24.8 Å².